The third kappa shape index (κ3) is 1.61. The molecule has 3 nitrogen and oxygen atoms in total. The molecule has 1 heterocycles. The minimum absolute atomic E-state index is 0.356. The highest BCUT2D eigenvalue weighted by Crippen LogP contribution is 2.23. The summed E-state index contributed by atoms with van der Waals surface area (Å²) < 4.78 is 9.98. The Morgan fingerprint density at radius 3 is 2.93 bits per heavy atom. The van der Waals surface area contributed by atoms with Crippen LogP contribution in [0.5, 0.6) is 0 Å². The van der Waals surface area contributed by atoms with Crippen LogP contribution in [0, 0.1) is 0 Å². The monoisotopic (exact) mass is 204 g/mol. The van der Waals surface area contributed by atoms with E-state index in [2.05, 4.69) is 0 Å². The summed E-state index contributed by atoms with van der Waals surface area (Å²) in [6, 6.07) is 5.68. The molecule has 0 saturated heterocycles. The van der Waals surface area contributed by atoms with Crippen molar-refractivity contribution in [3.05, 3.63) is 35.6 Å². The van der Waals surface area contributed by atoms with E-state index in [0.29, 0.717) is 11.1 Å². The molecule has 0 saturated carbocycles. The van der Waals surface area contributed by atoms with Gasteiger partial charge in [-0.25, -0.2) is 4.79 Å². The number of hydrogen-bond acceptors (Lipinski definition) is 3. The van der Waals surface area contributed by atoms with Crippen LogP contribution in [0.3, 0.4) is 0 Å². The number of rotatable bonds is 2. The lowest BCUT2D eigenvalue weighted by Gasteiger charge is -2.03. The number of methoxy groups -OCH3 is 1. The fourth-order valence-corrected chi connectivity index (χ4v) is 1.61. The SMILES string of the molecule is CCc1cc(C(=O)OC)c2occc2c1. The van der Waals surface area contributed by atoms with Crippen LogP contribution in [0.2, 0.25) is 0 Å². The molecule has 0 spiro atoms. The number of aryl methyl sites for hydroxylation is 1. The van der Waals surface area contributed by atoms with Gasteiger partial charge in [0.05, 0.1) is 13.4 Å². The van der Waals surface area contributed by atoms with Crippen molar-refractivity contribution in [2.45, 2.75) is 13.3 Å². The molecule has 2 rings (SSSR count). The highest BCUT2D eigenvalue weighted by Gasteiger charge is 2.14. The molecule has 78 valence electrons. The molecule has 0 radical (unpaired) electrons. The Bertz CT molecular complexity index is 497. The lowest BCUT2D eigenvalue weighted by atomic mass is 10.1. The zero-order chi connectivity index (χ0) is 10.8. The van der Waals surface area contributed by atoms with E-state index in [1.807, 2.05) is 25.1 Å². The van der Waals surface area contributed by atoms with E-state index in [0.717, 1.165) is 17.4 Å². The Balaban J connectivity index is 2.68. The summed E-state index contributed by atoms with van der Waals surface area (Å²) in [5.74, 6) is -0.356. The number of ether oxygens (including phenoxy) is 1. The Kier molecular flexibility index (Phi) is 2.46. The Morgan fingerprint density at radius 1 is 1.47 bits per heavy atom. The number of esters is 1. The molecule has 0 bridgehead atoms. The van der Waals surface area contributed by atoms with E-state index >= 15 is 0 Å². The van der Waals surface area contributed by atoms with Crippen LogP contribution in [0.15, 0.2) is 28.9 Å². The second-order valence-corrected chi connectivity index (χ2v) is 3.33. The average molecular weight is 204 g/mol. The van der Waals surface area contributed by atoms with Gasteiger partial charge >= 0.3 is 5.97 Å². The number of benzene rings is 1. The van der Waals surface area contributed by atoms with Crippen molar-refractivity contribution in [3.63, 3.8) is 0 Å². The second kappa shape index (κ2) is 3.77. The van der Waals surface area contributed by atoms with Gasteiger partial charge in [0, 0.05) is 5.39 Å². The van der Waals surface area contributed by atoms with E-state index in [1.165, 1.54) is 7.11 Å². The minimum atomic E-state index is -0.356. The fraction of sp³-hybridized carbons (Fsp3) is 0.250. The van der Waals surface area contributed by atoms with Crippen LogP contribution in [-0.4, -0.2) is 13.1 Å². The standard InChI is InChI=1S/C12H12O3/c1-3-8-6-9-4-5-15-11(9)10(7-8)12(13)14-2/h4-7H,3H2,1-2H3. The van der Waals surface area contributed by atoms with E-state index < -0.39 is 0 Å². The van der Waals surface area contributed by atoms with Gasteiger partial charge < -0.3 is 9.15 Å². The third-order valence-corrected chi connectivity index (χ3v) is 2.42. The van der Waals surface area contributed by atoms with Gasteiger partial charge in [0.2, 0.25) is 0 Å². The molecule has 2 aromatic rings. The summed E-state index contributed by atoms with van der Waals surface area (Å²) >= 11 is 0. The van der Waals surface area contributed by atoms with Gasteiger partial charge in [0.1, 0.15) is 11.1 Å². The lowest BCUT2D eigenvalue weighted by Crippen LogP contribution is -2.02. The minimum Gasteiger partial charge on any atom is -0.465 e. The normalized spacial score (nSPS) is 10.5. The largest absolute Gasteiger partial charge is 0.465 e. The van der Waals surface area contributed by atoms with Gasteiger partial charge in [0.15, 0.2) is 0 Å². The van der Waals surface area contributed by atoms with Gasteiger partial charge in [-0.1, -0.05) is 6.92 Å². The van der Waals surface area contributed by atoms with Crippen molar-refractivity contribution in [1.29, 1.82) is 0 Å². The molecule has 0 N–H and O–H groups in total. The molecule has 0 aliphatic heterocycles. The molecule has 0 amide bonds. The van der Waals surface area contributed by atoms with Crippen molar-refractivity contribution in [1.82, 2.24) is 0 Å². The number of furan rings is 1. The van der Waals surface area contributed by atoms with E-state index in [4.69, 9.17) is 9.15 Å². The van der Waals surface area contributed by atoms with Gasteiger partial charge in [-0.15, -0.1) is 0 Å². The highest BCUT2D eigenvalue weighted by molar-refractivity contribution is 6.02. The van der Waals surface area contributed by atoms with Gasteiger partial charge in [-0.3, -0.25) is 0 Å². The Labute approximate surface area is 87.6 Å². The summed E-state index contributed by atoms with van der Waals surface area (Å²) in [6.45, 7) is 2.04. The van der Waals surface area contributed by atoms with Crippen molar-refractivity contribution >= 4 is 16.9 Å². The number of hydrogen-bond donors (Lipinski definition) is 0. The molecule has 1 aromatic carbocycles. The molecular formula is C12H12O3. The van der Waals surface area contributed by atoms with Crippen LogP contribution in [-0.2, 0) is 11.2 Å². The molecular weight excluding hydrogens is 192 g/mol. The van der Waals surface area contributed by atoms with Crippen molar-refractivity contribution < 1.29 is 13.9 Å². The molecule has 15 heavy (non-hydrogen) atoms. The highest BCUT2D eigenvalue weighted by atomic mass is 16.5. The molecule has 0 aliphatic carbocycles. The average Bonchev–Trinajstić information content (AvgIpc) is 2.74. The topological polar surface area (TPSA) is 39.4 Å². The third-order valence-electron chi connectivity index (χ3n) is 2.42. The van der Waals surface area contributed by atoms with Crippen molar-refractivity contribution in [3.8, 4) is 0 Å². The van der Waals surface area contributed by atoms with Gasteiger partial charge in [-0.2, -0.15) is 0 Å². The zero-order valence-corrected chi connectivity index (χ0v) is 8.74. The van der Waals surface area contributed by atoms with Crippen LogP contribution in [0.1, 0.15) is 22.8 Å². The second-order valence-electron chi connectivity index (χ2n) is 3.33. The summed E-state index contributed by atoms with van der Waals surface area (Å²) in [5, 5.41) is 0.940. The van der Waals surface area contributed by atoms with Crippen LogP contribution in [0.25, 0.3) is 11.0 Å². The number of fused-ring (bicyclic) bond motifs is 1. The maximum absolute atomic E-state index is 11.5. The molecule has 0 unspecified atom stereocenters. The lowest BCUT2D eigenvalue weighted by molar-refractivity contribution is 0.0601. The summed E-state index contributed by atoms with van der Waals surface area (Å²) in [5.41, 5.74) is 2.19. The first-order valence-electron chi connectivity index (χ1n) is 4.84. The molecule has 0 fully saturated rings. The summed E-state index contributed by atoms with van der Waals surface area (Å²) in [6.07, 6.45) is 2.46. The van der Waals surface area contributed by atoms with Crippen LogP contribution >= 0.6 is 0 Å². The Morgan fingerprint density at radius 2 is 2.27 bits per heavy atom. The number of carbonyl (C=O) groups excluding carboxylic acids is 1. The van der Waals surface area contributed by atoms with E-state index in [1.54, 1.807) is 6.26 Å². The van der Waals surface area contributed by atoms with E-state index in [9.17, 15) is 4.79 Å². The first-order valence-corrected chi connectivity index (χ1v) is 4.84. The molecule has 0 atom stereocenters. The van der Waals surface area contributed by atoms with Gasteiger partial charge in [-0.05, 0) is 30.2 Å². The first-order chi connectivity index (χ1) is 7.26. The predicted molar refractivity (Wildman–Crippen MR) is 56.9 cm³/mol. The molecule has 3 heteroatoms. The fourth-order valence-electron chi connectivity index (χ4n) is 1.61. The number of carbonyl (C=O) groups is 1. The molecule has 1 aromatic heterocycles. The first kappa shape index (κ1) is 9.77. The maximum Gasteiger partial charge on any atom is 0.341 e. The van der Waals surface area contributed by atoms with Crippen LogP contribution in [0.4, 0.5) is 0 Å². The van der Waals surface area contributed by atoms with Gasteiger partial charge in [0.25, 0.3) is 0 Å². The summed E-state index contributed by atoms with van der Waals surface area (Å²) in [4.78, 5) is 11.5. The van der Waals surface area contributed by atoms with Crippen LogP contribution < -0.4 is 0 Å². The predicted octanol–water partition coefficient (Wildman–Crippen LogP) is 2.78. The smallest absolute Gasteiger partial charge is 0.341 e. The summed E-state index contributed by atoms with van der Waals surface area (Å²) in [7, 11) is 1.37. The molecule has 0 aliphatic rings. The van der Waals surface area contributed by atoms with E-state index in [-0.39, 0.29) is 5.97 Å². The Hall–Kier alpha value is -1.77. The zero-order valence-electron chi connectivity index (χ0n) is 8.74. The maximum atomic E-state index is 11.5. The van der Waals surface area contributed by atoms with Crippen molar-refractivity contribution in [2.24, 2.45) is 0 Å². The van der Waals surface area contributed by atoms with Crippen molar-refractivity contribution in [2.75, 3.05) is 7.11 Å². The quantitative estimate of drug-likeness (QED) is 0.706.